The lowest BCUT2D eigenvalue weighted by Gasteiger charge is -2.39. The molecule has 0 atom stereocenters. The molecule has 1 heterocycles. The largest absolute Gasteiger partial charge is 0.460 e. The maximum atomic E-state index is 12.8. The summed E-state index contributed by atoms with van der Waals surface area (Å²) in [6.07, 6.45) is 2.21. The fraction of sp³-hybridized carbons (Fsp3) is 0.391. The highest BCUT2D eigenvalue weighted by molar-refractivity contribution is 7.18. The molecule has 176 valence electrons. The molecule has 10 heteroatoms. The fourth-order valence-corrected chi connectivity index (χ4v) is 4.77. The minimum absolute atomic E-state index is 0.00307. The Kier molecular flexibility index (Phi) is 7.83. The Hall–Kier alpha value is -3.24. The number of methoxy groups -OCH3 is 1. The third kappa shape index (κ3) is 5.23. The van der Waals surface area contributed by atoms with Crippen LogP contribution >= 0.6 is 11.3 Å². The number of carbonyl (C=O) groups excluding carboxylic acids is 4. The molecule has 1 aromatic carbocycles. The number of nitrogens with two attached hydrogens (primary N) is 1. The van der Waals surface area contributed by atoms with Crippen molar-refractivity contribution in [2.24, 2.45) is 5.73 Å². The molecule has 1 fully saturated rings. The summed E-state index contributed by atoms with van der Waals surface area (Å²) in [4.78, 5) is 49.7. The lowest BCUT2D eigenvalue weighted by molar-refractivity contribution is -0.156. The Morgan fingerprint density at radius 3 is 2.36 bits per heavy atom. The van der Waals surface area contributed by atoms with Gasteiger partial charge in [-0.3, -0.25) is 14.4 Å². The molecule has 1 saturated carbocycles. The Morgan fingerprint density at radius 1 is 1.09 bits per heavy atom. The summed E-state index contributed by atoms with van der Waals surface area (Å²) in [5.41, 5.74) is 5.85. The van der Waals surface area contributed by atoms with Crippen molar-refractivity contribution in [1.29, 1.82) is 0 Å². The van der Waals surface area contributed by atoms with E-state index in [-0.39, 0.29) is 28.7 Å². The Balaban J connectivity index is 1.69. The fourth-order valence-electron chi connectivity index (χ4n) is 3.70. The number of hydrogen-bond donors (Lipinski definition) is 2. The Labute approximate surface area is 195 Å². The summed E-state index contributed by atoms with van der Waals surface area (Å²) in [5.74, 6) is -2.56. The van der Waals surface area contributed by atoms with E-state index in [1.807, 2.05) is 30.3 Å². The lowest BCUT2D eigenvalue weighted by atomic mass is 9.64. The molecular weight excluding hydrogens is 448 g/mol. The summed E-state index contributed by atoms with van der Waals surface area (Å²) < 4.78 is 15.3. The SMILES string of the molecule is COCCOC(=O)c1c(NC(=O)COC(=O)C2(c3ccccc3)CCC2)sc(C(N)=O)c1C. The van der Waals surface area contributed by atoms with Crippen LogP contribution in [0.5, 0.6) is 0 Å². The normalized spacial score (nSPS) is 14.1. The third-order valence-electron chi connectivity index (χ3n) is 5.61. The maximum absolute atomic E-state index is 12.8. The van der Waals surface area contributed by atoms with Crippen LogP contribution in [0.25, 0.3) is 0 Å². The van der Waals surface area contributed by atoms with E-state index in [0.29, 0.717) is 18.4 Å². The van der Waals surface area contributed by atoms with Crippen LogP contribution in [0, 0.1) is 6.92 Å². The summed E-state index contributed by atoms with van der Waals surface area (Å²) in [7, 11) is 1.47. The van der Waals surface area contributed by atoms with Gasteiger partial charge in [0.1, 0.15) is 11.6 Å². The molecule has 1 aromatic heterocycles. The zero-order valence-electron chi connectivity index (χ0n) is 18.5. The van der Waals surface area contributed by atoms with Crippen molar-refractivity contribution in [3.63, 3.8) is 0 Å². The first kappa shape index (κ1) is 24.4. The first-order valence-corrected chi connectivity index (χ1v) is 11.2. The maximum Gasteiger partial charge on any atom is 0.341 e. The quantitative estimate of drug-likeness (QED) is 0.399. The van der Waals surface area contributed by atoms with Crippen LogP contribution in [-0.4, -0.2) is 50.7 Å². The van der Waals surface area contributed by atoms with Gasteiger partial charge < -0.3 is 25.3 Å². The molecule has 3 rings (SSSR count). The third-order valence-corrected chi connectivity index (χ3v) is 6.83. The number of anilines is 1. The number of rotatable bonds is 10. The van der Waals surface area contributed by atoms with E-state index in [9.17, 15) is 19.2 Å². The van der Waals surface area contributed by atoms with Crippen molar-refractivity contribution in [3.05, 3.63) is 51.9 Å². The van der Waals surface area contributed by atoms with Crippen LogP contribution in [0.1, 0.15) is 50.4 Å². The predicted octanol–water partition coefficient (Wildman–Crippen LogP) is 2.56. The number of primary amides is 1. The topological polar surface area (TPSA) is 134 Å². The van der Waals surface area contributed by atoms with Crippen molar-refractivity contribution >= 4 is 40.1 Å². The van der Waals surface area contributed by atoms with E-state index < -0.39 is 35.8 Å². The molecule has 1 aliphatic carbocycles. The number of nitrogens with one attached hydrogen (secondary N) is 1. The van der Waals surface area contributed by atoms with E-state index in [0.717, 1.165) is 23.3 Å². The van der Waals surface area contributed by atoms with E-state index in [1.54, 1.807) is 6.92 Å². The number of benzene rings is 1. The second-order valence-corrected chi connectivity index (χ2v) is 8.70. The van der Waals surface area contributed by atoms with Gasteiger partial charge in [-0.2, -0.15) is 0 Å². The molecule has 9 nitrogen and oxygen atoms in total. The first-order valence-electron chi connectivity index (χ1n) is 10.4. The molecule has 0 spiro atoms. The number of esters is 2. The molecule has 2 amide bonds. The average molecular weight is 475 g/mol. The van der Waals surface area contributed by atoms with E-state index in [1.165, 1.54) is 7.11 Å². The van der Waals surface area contributed by atoms with Gasteiger partial charge in [-0.25, -0.2) is 4.79 Å². The molecule has 2 aromatic rings. The number of hydrogen-bond acceptors (Lipinski definition) is 8. The van der Waals surface area contributed by atoms with Gasteiger partial charge in [-0.05, 0) is 30.9 Å². The first-order chi connectivity index (χ1) is 15.8. The van der Waals surface area contributed by atoms with Crippen LogP contribution < -0.4 is 11.1 Å². The zero-order chi connectivity index (χ0) is 24.0. The number of thiophene rings is 1. The standard InChI is InChI=1S/C23H26N2O7S/c1-14-17(21(28)31-12-11-30-2)20(33-18(14)19(24)27)25-16(26)13-32-22(29)23(9-6-10-23)15-7-4-3-5-8-15/h3-5,7-8H,6,9-13H2,1-2H3,(H2,24,27)(H,25,26). The van der Waals surface area contributed by atoms with E-state index >= 15 is 0 Å². The van der Waals surface area contributed by atoms with Crippen LogP contribution in [-0.2, 0) is 29.2 Å². The van der Waals surface area contributed by atoms with Crippen molar-refractivity contribution < 1.29 is 33.4 Å². The average Bonchev–Trinajstić information content (AvgIpc) is 3.08. The van der Waals surface area contributed by atoms with Crippen LogP contribution in [0.4, 0.5) is 5.00 Å². The second kappa shape index (κ2) is 10.6. The molecule has 0 radical (unpaired) electrons. The minimum Gasteiger partial charge on any atom is -0.460 e. The van der Waals surface area contributed by atoms with Gasteiger partial charge in [-0.1, -0.05) is 36.8 Å². The highest BCUT2D eigenvalue weighted by Gasteiger charge is 2.47. The Morgan fingerprint density at radius 2 is 1.79 bits per heavy atom. The molecule has 0 unspecified atom stereocenters. The van der Waals surface area contributed by atoms with Gasteiger partial charge in [0.05, 0.1) is 22.5 Å². The Bertz CT molecular complexity index is 1040. The summed E-state index contributed by atoms with van der Waals surface area (Å²) in [5, 5.41) is 2.65. The molecule has 0 aliphatic heterocycles. The van der Waals surface area contributed by atoms with E-state index in [4.69, 9.17) is 19.9 Å². The minimum atomic E-state index is -0.740. The molecule has 3 N–H and O–H groups in total. The molecule has 1 aliphatic rings. The predicted molar refractivity (Wildman–Crippen MR) is 121 cm³/mol. The lowest BCUT2D eigenvalue weighted by Crippen LogP contribution is -2.44. The number of amides is 2. The summed E-state index contributed by atoms with van der Waals surface area (Å²) in [6.45, 7) is 1.20. The van der Waals surface area contributed by atoms with Gasteiger partial charge >= 0.3 is 11.9 Å². The summed E-state index contributed by atoms with van der Waals surface area (Å²) >= 11 is 0.863. The van der Waals surface area contributed by atoms with Gasteiger partial charge in [0.2, 0.25) is 0 Å². The van der Waals surface area contributed by atoms with Crippen molar-refractivity contribution in [1.82, 2.24) is 0 Å². The molecular formula is C23H26N2O7S. The van der Waals surface area contributed by atoms with Crippen LogP contribution in [0.3, 0.4) is 0 Å². The smallest absolute Gasteiger partial charge is 0.341 e. The number of carbonyl (C=O) groups is 4. The summed E-state index contributed by atoms with van der Waals surface area (Å²) in [6, 6.07) is 9.34. The number of ether oxygens (including phenoxy) is 3. The van der Waals surface area contributed by atoms with Crippen molar-refractivity contribution in [2.45, 2.75) is 31.6 Å². The highest BCUT2D eigenvalue weighted by atomic mass is 32.1. The van der Waals surface area contributed by atoms with E-state index in [2.05, 4.69) is 5.32 Å². The van der Waals surface area contributed by atoms with Gasteiger partial charge in [0.25, 0.3) is 11.8 Å². The van der Waals surface area contributed by atoms with Crippen molar-refractivity contribution in [2.75, 3.05) is 32.2 Å². The van der Waals surface area contributed by atoms with Gasteiger partial charge in [0.15, 0.2) is 6.61 Å². The molecule has 0 bridgehead atoms. The molecule has 33 heavy (non-hydrogen) atoms. The van der Waals surface area contributed by atoms with Crippen molar-refractivity contribution in [3.8, 4) is 0 Å². The second-order valence-electron chi connectivity index (χ2n) is 7.68. The van der Waals surface area contributed by atoms with Crippen LogP contribution in [0.2, 0.25) is 0 Å². The molecule has 0 saturated heterocycles. The zero-order valence-corrected chi connectivity index (χ0v) is 19.3. The monoisotopic (exact) mass is 474 g/mol. The van der Waals surface area contributed by atoms with Crippen LogP contribution in [0.15, 0.2) is 30.3 Å². The highest BCUT2D eigenvalue weighted by Crippen LogP contribution is 2.44. The van der Waals surface area contributed by atoms with Gasteiger partial charge in [0, 0.05) is 7.11 Å². The van der Waals surface area contributed by atoms with Gasteiger partial charge in [-0.15, -0.1) is 11.3 Å².